The number of unbranched alkanes of at least 4 members (excludes halogenated alkanes) is 3. The van der Waals surface area contributed by atoms with Gasteiger partial charge in [0.1, 0.15) is 6.61 Å². The van der Waals surface area contributed by atoms with Crippen LogP contribution in [0.2, 0.25) is 0 Å². The predicted octanol–water partition coefficient (Wildman–Crippen LogP) is 4.84. The normalized spacial score (nSPS) is 15.8. The van der Waals surface area contributed by atoms with E-state index in [4.69, 9.17) is 9.57 Å². The van der Waals surface area contributed by atoms with Crippen molar-refractivity contribution in [1.82, 2.24) is 15.5 Å². The Labute approximate surface area is 235 Å². The molecule has 3 amide bonds. The highest BCUT2D eigenvalue weighted by Crippen LogP contribution is 2.26. The van der Waals surface area contributed by atoms with Gasteiger partial charge in [-0.25, -0.2) is 25.1 Å². The Kier molecular flexibility index (Phi) is 12.4. The van der Waals surface area contributed by atoms with Crippen LogP contribution in [-0.2, 0) is 37.2 Å². The van der Waals surface area contributed by atoms with Gasteiger partial charge < -0.3 is 9.84 Å². The third-order valence-electron chi connectivity index (χ3n) is 6.78. The molecule has 0 saturated carbocycles. The van der Waals surface area contributed by atoms with E-state index in [0.717, 1.165) is 40.4 Å². The summed E-state index contributed by atoms with van der Waals surface area (Å²) in [6.45, 7) is 2.36. The second kappa shape index (κ2) is 16.2. The van der Waals surface area contributed by atoms with Crippen molar-refractivity contribution in [1.29, 1.82) is 0 Å². The molecule has 0 spiro atoms. The van der Waals surface area contributed by atoms with E-state index >= 15 is 0 Å². The number of carboxylic acid groups (broad SMARTS) is 1. The molecule has 0 unspecified atom stereocenters. The lowest BCUT2D eigenvalue weighted by Gasteiger charge is -2.42. The number of ether oxygens (including phenoxy) is 1. The van der Waals surface area contributed by atoms with Crippen LogP contribution in [0.25, 0.3) is 0 Å². The molecule has 2 atom stereocenters. The number of amides is 3. The summed E-state index contributed by atoms with van der Waals surface area (Å²) in [6.07, 6.45) is 3.51. The van der Waals surface area contributed by atoms with Crippen LogP contribution in [0.1, 0.15) is 69.4 Å². The van der Waals surface area contributed by atoms with Crippen LogP contribution < -0.4 is 5.48 Å². The van der Waals surface area contributed by atoms with E-state index in [9.17, 15) is 24.3 Å². The number of hydrogen-bond donors (Lipinski definition) is 2. The topological polar surface area (TPSA) is 125 Å². The Morgan fingerprint density at radius 3 is 2.23 bits per heavy atom. The highest BCUT2D eigenvalue weighted by molar-refractivity contribution is 5.90. The van der Waals surface area contributed by atoms with Gasteiger partial charge in [-0.05, 0) is 30.4 Å². The van der Waals surface area contributed by atoms with E-state index in [1.54, 1.807) is 12.1 Å². The van der Waals surface area contributed by atoms with Gasteiger partial charge in [-0.2, -0.15) is 0 Å². The second-order valence-corrected chi connectivity index (χ2v) is 9.89. The maximum absolute atomic E-state index is 13.9. The molecule has 2 N–H and O–H groups in total. The summed E-state index contributed by atoms with van der Waals surface area (Å²) in [5.41, 5.74) is 4.03. The molecule has 1 aliphatic heterocycles. The first-order valence-corrected chi connectivity index (χ1v) is 13.9. The quantitative estimate of drug-likeness (QED) is 0.253. The Bertz CT molecular complexity index is 1100. The number of carbonyl (C=O) groups excluding carboxylic acids is 3. The molecule has 1 fully saturated rings. The molecule has 40 heavy (non-hydrogen) atoms. The van der Waals surface area contributed by atoms with E-state index in [1.807, 2.05) is 48.5 Å². The highest BCUT2D eigenvalue weighted by Gasteiger charge is 2.43. The molecule has 2 aromatic carbocycles. The van der Waals surface area contributed by atoms with Gasteiger partial charge >= 0.3 is 12.1 Å². The largest absolute Gasteiger partial charge is 0.480 e. The lowest BCUT2D eigenvalue weighted by Crippen LogP contribution is -2.61. The number of hydroxylamine groups is 1. The molecule has 10 heteroatoms. The number of hydrazine groups is 1. The number of nitrogens with one attached hydrogen (secondary N) is 1. The van der Waals surface area contributed by atoms with Gasteiger partial charge in [0.05, 0.1) is 6.61 Å². The molecular formula is C30H39N3O7. The van der Waals surface area contributed by atoms with Crippen molar-refractivity contribution in [2.45, 2.75) is 77.5 Å². The summed E-state index contributed by atoms with van der Waals surface area (Å²) in [7, 11) is 0. The number of aliphatic carboxylic acids is 1. The van der Waals surface area contributed by atoms with Crippen molar-refractivity contribution in [2.75, 3.05) is 6.54 Å². The zero-order chi connectivity index (χ0) is 28.7. The van der Waals surface area contributed by atoms with E-state index < -0.39 is 35.8 Å². The fraction of sp³-hybridized carbons (Fsp3) is 0.467. The summed E-state index contributed by atoms with van der Waals surface area (Å²) in [5.74, 6) is -3.12. The van der Waals surface area contributed by atoms with Crippen LogP contribution in [0.15, 0.2) is 60.7 Å². The Morgan fingerprint density at radius 2 is 1.60 bits per heavy atom. The molecule has 1 aliphatic rings. The molecule has 10 nitrogen and oxygen atoms in total. The SMILES string of the molecule is CCCCCC[C@H](CC(=O)NOCc1ccccc1)C(=O)N1[C@H](C(=O)O)CCCN1C(=O)OCc1ccccc1. The number of benzene rings is 2. The molecule has 0 radical (unpaired) electrons. The van der Waals surface area contributed by atoms with Crippen LogP contribution >= 0.6 is 0 Å². The van der Waals surface area contributed by atoms with Gasteiger partial charge in [-0.1, -0.05) is 93.3 Å². The van der Waals surface area contributed by atoms with Crippen molar-refractivity contribution in [2.24, 2.45) is 5.92 Å². The first kappa shape index (κ1) is 30.6. The Hall–Kier alpha value is -3.92. The number of rotatable bonds is 14. The van der Waals surface area contributed by atoms with Crippen LogP contribution in [0.3, 0.4) is 0 Å². The molecule has 2 aromatic rings. The van der Waals surface area contributed by atoms with Crippen molar-refractivity contribution in [3.05, 3.63) is 71.8 Å². The minimum atomic E-state index is -1.24. The monoisotopic (exact) mass is 553 g/mol. The molecule has 1 saturated heterocycles. The fourth-order valence-electron chi connectivity index (χ4n) is 4.66. The van der Waals surface area contributed by atoms with E-state index in [1.165, 1.54) is 0 Å². The molecular weight excluding hydrogens is 514 g/mol. The van der Waals surface area contributed by atoms with Crippen molar-refractivity contribution in [3.63, 3.8) is 0 Å². The maximum atomic E-state index is 13.9. The zero-order valence-electron chi connectivity index (χ0n) is 23.0. The predicted molar refractivity (Wildman–Crippen MR) is 147 cm³/mol. The Balaban J connectivity index is 1.72. The number of carboxylic acids is 1. The summed E-state index contributed by atoms with van der Waals surface area (Å²) in [4.78, 5) is 57.3. The van der Waals surface area contributed by atoms with E-state index in [2.05, 4.69) is 12.4 Å². The number of carbonyl (C=O) groups is 4. The molecule has 0 aromatic heterocycles. The van der Waals surface area contributed by atoms with Gasteiger partial charge in [0, 0.05) is 18.9 Å². The van der Waals surface area contributed by atoms with Gasteiger partial charge in [-0.15, -0.1) is 0 Å². The molecule has 0 aliphatic carbocycles. The van der Waals surface area contributed by atoms with E-state index in [-0.39, 0.29) is 32.6 Å². The molecule has 3 rings (SSSR count). The second-order valence-electron chi connectivity index (χ2n) is 9.89. The zero-order valence-corrected chi connectivity index (χ0v) is 23.0. The first-order chi connectivity index (χ1) is 19.4. The van der Waals surface area contributed by atoms with Gasteiger partial charge in [0.15, 0.2) is 6.04 Å². The molecule has 1 heterocycles. The van der Waals surface area contributed by atoms with Gasteiger partial charge in [0.25, 0.3) is 0 Å². The van der Waals surface area contributed by atoms with Crippen LogP contribution in [0, 0.1) is 5.92 Å². The summed E-state index contributed by atoms with van der Waals surface area (Å²) in [5, 5.41) is 12.0. The van der Waals surface area contributed by atoms with E-state index in [0.29, 0.717) is 19.3 Å². The van der Waals surface area contributed by atoms with Gasteiger partial charge in [-0.3, -0.25) is 14.4 Å². The minimum Gasteiger partial charge on any atom is -0.480 e. The van der Waals surface area contributed by atoms with Crippen molar-refractivity contribution >= 4 is 23.9 Å². The van der Waals surface area contributed by atoms with Crippen LogP contribution in [0.5, 0.6) is 0 Å². The first-order valence-electron chi connectivity index (χ1n) is 13.9. The highest BCUT2D eigenvalue weighted by atomic mass is 16.6. The average Bonchev–Trinajstić information content (AvgIpc) is 2.97. The average molecular weight is 554 g/mol. The summed E-state index contributed by atoms with van der Waals surface area (Å²) >= 11 is 0. The van der Waals surface area contributed by atoms with Crippen LogP contribution in [-0.4, -0.2) is 51.6 Å². The molecule has 0 bridgehead atoms. The minimum absolute atomic E-state index is 0.0163. The van der Waals surface area contributed by atoms with Gasteiger partial charge in [0.2, 0.25) is 11.8 Å². The molecule has 216 valence electrons. The lowest BCUT2D eigenvalue weighted by molar-refractivity contribution is -0.174. The standard InChI is InChI=1S/C30H39N3O7/c1-2-3-4-11-17-25(20-27(34)31-40-22-24-15-9-6-10-16-24)28(35)33-26(29(36)37)18-12-19-32(33)30(38)39-21-23-13-7-5-8-14-23/h5-10,13-16,25-26H,2-4,11-12,17-22H2,1H3,(H,31,34)(H,36,37)/t25-,26+/m1/s1. The fourth-order valence-corrected chi connectivity index (χ4v) is 4.66. The van der Waals surface area contributed by atoms with Crippen LogP contribution in [0.4, 0.5) is 4.79 Å². The third kappa shape index (κ3) is 9.37. The summed E-state index contributed by atoms with van der Waals surface area (Å²) in [6, 6.07) is 17.2. The number of hydrogen-bond acceptors (Lipinski definition) is 6. The lowest BCUT2D eigenvalue weighted by atomic mass is 9.94. The maximum Gasteiger partial charge on any atom is 0.429 e. The third-order valence-corrected chi connectivity index (χ3v) is 6.78. The smallest absolute Gasteiger partial charge is 0.429 e. The number of nitrogens with zero attached hydrogens (tertiary/aromatic N) is 2. The summed E-state index contributed by atoms with van der Waals surface area (Å²) < 4.78 is 5.45. The Morgan fingerprint density at radius 1 is 0.950 bits per heavy atom. The van der Waals surface area contributed by atoms with Crippen molar-refractivity contribution < 1.29 is 33.9 Å². The van der Waals surface area contributed by atoms with Crippen molar-refractivity contribution in [3.8, 4) is 0 Å².